The molecule has 4 nitrogen and oxygen atoms in total. The molecule has 0 spiro atoms. The number of nitrogens with one attached hydrogen (secondary N) is 1. The van der Waals surface area contributed by atoms with Crippen molar-refractivity contribution < 1.29 is 14.3 Å². The van der Waals surface area contributed by atoms with Gasteiger partial charge in [-0.3, -0.25) is 4.79 Å². The van der Waals surface area contributed by atoms with Crippen LogP contribution in [-0.4, -0.2) is 19.6 Å². The fourth-order valence-corrected chi connectivity index (χ4v) is 2.93. The van der Waals surface area contributed by atoms with E-state index >= 15 is 0 Å². The van der Waals surface area contributed by atoms with E-state index in [1.807, 2.05) is 18.2 Å². The standard InChI is InChI=1S/C18H19BrClNO3/c1-3-4-12-5-7-16(14(19)9-12)24-11-18(22)21-15-10-13(20)6-8-17(15)23-2/h5-10H,3-4,11H2,1-2H3,(H,21,22). The first-order valence-corrected chi connectivity index (χ1v) is 8.75. The summed E-state index contributed by atoms with van der Waals surface area (Å²) in [6.45, 7) is 2.02. The van der Waals surface area contributed by atoms with E-state index in [4.69, 9.17) is 21.1 Å². The number of amides is 1. The molecule has 0 heterocycles. The van der Waals surface area contributed by atoms with E-state index in [1.165, 1.54) is 12.7 Å². The first-order valence-electron chi connectivity index (χ1n) is 7.58. The van der Waals surface area contributed by atoms with E-state index in [2.05, 4.69) is 28.2 Å². The van der Waals surface area contributed by atoms with E-state index in [9.17, 15) is 4.79 Å². The van der Waals surface area contributed by atoms with Crippen molar-refractivity contribution >= 4 is 39.1 Å². The molecule has 0 aromatic heterocycles. The van der Waals surface area contributed by atoms with E-state index in [1.54, 1.807) is 18.2 Å². The molecule has 0 fully saturated rings. The van der Waals surface area contributed by atoms with E-state index in [0.29, 0.717) is 22.2 Å². The van der Waals surface area contributed by atoms with Crippen molar-refractivity contribution in [3.8, 4) is 11.5 Å². The molecule has 0 atom stereocenters. The summed E-state index contributed by atoms with van der Waals surface area (Å²) in [4.78, 5) is 12.1. The van der Waals surface area contributed by atoms with Crippen LogP contribution in [0.5, 0.6) is 11.5 Å². The van der Waals surface area contributed by atoms with E-state index in [0.717, 1.165) is 17.3 Å². The monoisotopic (exact) mass is 411 g/mol. The highest BCUT2D eigenvalue weighted by Crippen LogP contribution is 2.28. The zero-order chi connectivity index (χ0) is 17.5. The van der Waals surface area contributed by atoms with Crippen LogP contribution in [0, 0.1) is 0 Å². The first kappa shape index (κ1) is 18.6. The number of carbonyl (C=O) groups is 1. The molecule has 128 valence electrons. The highest BCUT2D eigenvalue weighted by molar-refractivity contribution is 9.10. The number of halogens is 2. The van der Waals surface area contributed by atoms with Crippen molar-refractivity contribution in [1.82, 2.24) is 0 Å². The zero-order valence-electron chi connectivity index (χ0n) is 13.6. The summed E-state index contributed by atoms with van der Waals surface area (Å²) < 4.78 is 11.6. The molecule has 0 aliphatic carbocycles. The summed E-state index contributed by atoms with van der Waals surface area (Å²) in [6.07, 6.45) is 2.09. The molecule has 0 aliphatic rings. The van der Waals surface area contributed by atoms with Crippen molar-refractivity contribution in [2.75, 3.05) is 19.0 Å². The first-order chi connectivity index (χ1) is 11.5. The molecule has 24 heavy (non-hydrogen) atoms. The minimum Gasteiger partial charge on any atom is -0.495 e. The zero-order valence-corrected chi connectivity index (χ0v) is 15.9. The van der Waals surface area contributed by atoms with Crippen LogP contribution < -0.4 is 14.8 Å². The molecule has 2 aromatic rings. The van der Waals surface area contributed by atoms with Gasteiger partial charge in [0.15, 0.2) is 6.61 Å². The maximum absolute atomic E-state index is 12.1. The number of aryl methyl sites for hydroxylation is 1. The lowest BCUT2D eigenvalue weighted by atomic mass is 10.1. The second kappa shape index (κ2) is 8.94. The SMILES string of the molecule is CCCc1ccc(OCC(=O)Nc2cc(Cl)ccc2OC)c(Br)c1. The van der Waals surface area contributed by atoms with Gasteiger partial charge in [-0.2, -0.15) is 0 Å². The van der Waals surface area contributed by atoms with Gasteiger partial charge in [0.2, 0.25) is 0 Å². The lowest BCUT2D eigenvalue weighted by molar-refractivity contribution is -0.118. The van der Waals surface area contributed by atoms with Crippen LogP contribution in [-0.2, 0) is 11.2 Å². The third kappa shape index (κ3) is 5.14. The Morgan fingerprint density at radius 1 is 1.21 bits per heavy atom. The fraction of sp³-hybridized carbons (Fsp3) is 0.278. The Balaban J connectivity index is 1.97. The topological polar surface area (TPSA) is 47.6 Å². The summed E-state index contributed by atoms with van der Waals surface area (Å²) >= 11 is 9.42. The molecule has 6 heteroatoms. The van der Waals surface area contributed by atoms with Crippen molar-refractivity contribution in [2.45, 2.75) is 19.8 Å². The molecule has 0 aliphatic heterocycles. The lowest BCUT2D eigenvalue weighted by Crippen LogP contribution is -2.20. The number of hydrogen-bond acceptors (Lipinski definition) is 3. The van der Waals surface area contributed by atoms with Gasteiger partial charge in [-0.1, -0.05) is 31.0 Å². The molecular weight excluding hydrogens is 394 g/mol. The predicted molar refractivity (Wildman–Crippen MR) is 100 cm³/mol. The lowest BCUT2D eigenvalue weighted by Gasteiger charge is -2.12. The molecule has 0 bridgehead atoms. The average molecular weight is 413 g/mol. The quantitative estimate of drug-likeness (QED) is 0.690. The van der Waals surface area contributed by atoms with Crippen LogP contribution >= 0.6 is 27.5 Å². The van der Waals surface area contributed by atoms with Gasteiger partial charge in [-0.15, -0.1) is 0 Å². The number of benzene rings is 2. The summed E-state index contributed by atoms with van der Waals surface area (Å²) in [6, 6.07) is 10.9. The van der Waals surface area contributed by atoms with Crippen molar-refractivity contribution in [3.63, 3.8) is 0 Å². The van der Waals surface area contributed by atoms with Crippen LogP contribution in [0.4, 0.5) is 5.69 Å². The predicted octanol–water partition coefficient (Wildman–Crippen LogP) is 5.08. The van der Waals surface area contributed by atoms with Gasteiger partial charge in [-0.25, -0.2) is 0 Å². The summed E-state index contributed by atoms with van der Waals surface area (Å²) in [5.74, 6) is 0.876. The molecule has 0 radical (unpaired) electrons. The van der Waals surface area contributed by atoms with Crippen molar-refractivity contribution in [3.05, 3.63) is 51.5 Å². The van der Waals surface area contributed by atoms with Crippen LogP contribution in [0.3, 0.4) is 0 Å². The molecule has 2 rings (SSSR count). The second-order valence-corrected chi connectivity index (χ2v) is 6.49. The molecule has 0 unspecified atom stereocenters. The highest BCUT2D eigenvalue weighted by Gasteiger charge is 2.10. The van der Waals surface area contributed by atoms with Gasteiger partial charge in [0.25, 0.3) is 5.91 Å². The Labute approximate surface area is 155 Å². The van der Waals surface area contributed by atoms with Crippen LogP contribution in [0.25, 0.3) is 0 Å². The van der Waals surface area contributed by atoms with Gasteiger partial charge >= 0.3 is 0 Å². The Kier molecular flexibility index (Phi) is 6.94. The van der Waals surface area contributed by atoms with E-state index in [-0.39, 0.29) is 12.5 Å². The Hall–Kier alpha value is -1.72. The maximum Gasteiger partial charge on any atom is 0.262 e. The third-order valence-corrected chi connectivity index (χ3v) is 4.18. The Morgan fingerprint density at radius 2 is 1.96 bits per heavy atom. The van der Waals surface area contributed by atoms with Gasteiger partial charge in [0, 0.05) is 5.02 Å². The summed E-state index contributed by atoms with van der Waals surface area (Å²) in [7, 11) is 1.53. The third-order valence-electron chi connectivity index (χ3n) is 3.33. The van der Waals surface area contributed by atoms with Crippen LogP contribution in [0.1, 0.15) is 18.9 Å². The summed E-state index contributed by atoms with van der Waals surface area (Å²) in [5.41, 5.74) is 1.74. The number of methoxy groups -OCH3 is 1. The Bertz CT molecular complexity index is 721. The number of hydrogen-bond donors (Lipinski definition) is 1. The van der Waals surface area contributed by atoms with Crippen LogP contribution in [0.2, 0.25) is 5.02 Å². The molecule has 1 amide bonds. The number of ether oxygens (including phenoxy) is 2. The smallest absolute Gasteiger partial charge is 0.262 e. The second-order valence-electron chi connectivity index (χ2n) is 5.20. The molecule has 2 aromatic carbocycles. The number of carbonyl (C=O) groups excluding carboxylic acids is 1. The maximum atomic E-state index is 12.1. The van der Waals surface area contributed by atoms with Crippen LogP contribution in [0.15, 0.2) is 40.9 Å². The van der Waals surface area contributed by atoms with Crippen molar-refractivity contribution in [2.24, 2.45) is 0 Å². The summed E-state index contributed by atoms with van der Waals surface area (Å²) in [5, 5.41) is 3.25. The fourth-order valence-electron chi connectivity index (χ4n) is 2.21. The van der Waals surface area contributed by atoms with Gasteiger partial charge < -0.3 is 14.8 Å². The van der Waals surface area contributed by atoms with E-state index < -0.39 is 0 Å². The number of anilines is 1. The minimum atomic E-state index is -0.292. The van der Waals surface area contributed by atoms with Crippen molar-refractivity contribution in [1.29, 1.82) is 0 Å². The highest BCUT2D eigenvalue weighted by atomic mass is 79.9. The normalized spacial score (nSPS) is 10.3. The van der Waals surface area contributed by atoms with Gasteiger partial charge in [-0.05, 0) is 58.2 Å². The number of rotatable bonds is 7. The Morgan fingerprint density at radius 3 is 2.62 bits per heavy atom. The largest absolute Gasteiger partial charge is 0.495 e. The molecular formula is C18H19BrClNO3. The molecule has 0 saturated heterocycles. The average Bonchev–Trinajstić information content (AvgIpc) is 2.54. The molecule has 0 saturated carbocycles. The minimum absolute atomic E-state index is 0.110. The van der Waals surface area contributed by atoms with Gasteiger partial charge in [0.05, 0.1) is 17.3 Å². The van der Waals surface area contributed by atoms with Gasteiger partial charge in [0.1, 0.15) is 11.5 Å². The molecule has 1 N–H and O–H groups in total.